The summed E-state index contributed by atoms with van der Waals surface area (Å²) >= 11 is 0. The molecule has 0 aromatic heterocycles. The van der Waals surface area contributed by atoms with Crippen LogP contribution in [0.3, 0.4) is 0 Å². The molecule has 0 bridgehead atoms. The molecule has 31 heavy (non-hydrogen) atoms. The summed E-state index contributed by atoms with van der Waals surface area (Å²) in [5, 5.41) is 95.5. The SMILES string of the molecule is O=C([O-])C[C@](O)(C(=O)[O-])[C@H](O)C(=O)[O-].O=C([O-])C[C@](O)(C(=O)[O-])[C@H](O)C(=O)[O-].[Mg+2].[Mg+2].[Mg+2]. The molecule has 0 aromatic rings. The first-order chi connectivity index (χ1) is 12.4. The van der Waals surface area contributed by atoms with Crippen LogP contribution < -0.4 is 30.6 Å². The van der Waals surface area contributed by atoms with E-state index in [1.807, 2.05) is 0 Å². The average Bonchev–Trinajstić information content (AvgIpc) is 2.51. The van der Waals surface area contributed by atoms with Crippen molar-refractivity contribution in [3.63, 3.8) is 0 Å². The van der Waals surface area contributed by atoms with Crippen molar-refractivity contribution in [3.05, 3.63) is 0 Å². The molecular weight excluding hydrogens is 473 g/mol. The minimum Gasteiger partial charge on any atom is -0.550 e. The third-order valence-electron chi connectivity index (χ3n) is 2.89. The quantitative estimate of drug-likeness (QED) is 0.209. The summed E-state index contributed by atoms with van der Waals surface area (Å²) in [5.74, 6) is -13.7. The van der Waals surface area contributed by atoms with E-state index in [1.165, 1.54) is 0 Å². The fourth-order valence-corrected chi connectivity index (χ4v) is 1.39. The second-order valence-corrected chi connectivity index (χ2v) is 4.96. The van der Waals surface area contributed by atoms with Crippen LogP contribution in [0.4, 0.5) is 0 Å². The van der Waals surface area contributed by atoms with Gasteiger partial charge in [-0.2, -0.15) is 0 Å². The molecule has 4 atom stereocenters. The second-order valence-electron chi connectivity index (χ2n) is 4.96. The Morgan fingerprint density at radius 3 is 0.871 bits per heavy atom. The summed E-state index contributed by atoms with van der Waals surface area (Å²) in [6.45, 7) is 0. The molecule has 0 amide bonds. The zero-order chi connectivity index (χ0) is 23.0. The molecule has 0 saturated carbocycles. The van der Waals surface area contributed by atoms with Crippen LogP contribution in [0, 0.1) is 0 Å². The van der Waals surface area contributed by atoms with Crippen molar-refractivity contribution in [2.45, 2.75) is 36.3 Å². The third-order valence-corrected chi connectivity index (χ3v) is 2.89. The first-order valence-electron chi connectivity index (χ1n) is 6.48. The number of aliphatic hydroxyl groups excluding tert-OH is 2. The number of carboxylic acids is 6. The van der Waals surface area contributed by atoms with Gasteiger partial charge in [0.1, 0.15) is 23.4 Å². The minimum absolute atomic E-state index is 0. The average molecular weight is 483 g/mol. The van der Waals surface area contributed by atoms with E-state index in [0.717, 1.165) is 0 Å². The fraction of sp³-hybridized carbons (Fsp3) is 0.500. The van der Waals surface area contributed by atoms with Gasteiger partial charge in [0.15, 0.2) is 0 Å². The Morgan fingerprint density at radius 2 is 0.774 bits per heavy atom. The number of aliphatic hydroxyl groups is 4. The van der Waals surface area contributed by atoms with Gasteiger partial charge in [0.25, 0.3) is 0 Å². The largest absolute Gasteiger partial charge is 2.00 e. The third kappa shape index (κ3) is 12.5. The summed E-state index contributed by atoms with van der Waals surface area (Å²) in [5.41, 5.74) is -6.92. The van der Waals surface area contributed by atoms with Crippen molar-refractivity contribution in [2.24, 2.45) is 0 Å². The maximum absolute atomic E-state index is 10.2. The molecule has 0 aromatic carbocycles. The second kappa shape index (κ2) is 16.6. The monoisotopic (exact) mass is 482 g/mol. The zero-order valence-corrected chi connectivity index (χ0v) is 19.6. The van der Waals surface area contributed by atoms with Crippen LogP contribution in [0.1, 0.15) is 12.8 Å². The van der Waals surface area contributed by atoms with Gasteiger partial charge in [0, 0.05) is 24.8 Å². The Bertz CT molecular complexity index is 612. The summed E-state index contributed by atoms with van der Waals surface area (Å²) < 4.78 is 0. The number of hydrogen-bond acceptors (Lipinski definition) is 16. The number of hydrogen-bond donors (Lipinski definition) is 4. The minimum atomic E-state index is -3.46. The van der Waals surface area contributed by atoms with E-state index in [1.54, 1.807) is 0 Å². The first kappa shape index (κ1) is 40.3. The van der Waals surface area contributed by atoms with Gasteiger partial charge in [-0.05, 0) is 0 Å². The maximum atomic E-state index is 10.2. The normalized spacial score (nSPS) is 15.1. The number of rotatable bonds is 10. The van der Waals surface area contributed by atoms with Crippen LogP contribution in [0.5, 0.6) is 0 Å². The Hall–Kier alpha value is -1.04. The van der Waals surface area contributed by atoms with Crippen molar-refractivity contribution in [3.8, 4) is 0 Å². The van der Waals surface area contributed by atoms with Crippen LogP contribution in [-0.4, -0.2) is 149 Å². The van der Waals surface area contributed by atoms with Crippen molar-refractivity contribution in [1.29, 1.82) is 0 Å². The molecule has 19 heteroatoms. The van der Waals surface area contributed by atoms with E-state index in [4.69, 9.17) is 20.4 Å². The van der Waals surface area contributed by atoms with Gasteiger partial charge in [-0.25, -0.2) is 0 Å². The molecule has 0 aliphatic rings. The van der Waals surface area contributed by atoms with Gasteiger partial charge in [-0.3, -0.25) is 0 Å². The first-order valence-corrected chi connectivity index (χ1v) is 6.48. The Morgan fingerprint density at radius 1 is 0.581 bits per heavy atom. The summed E-state index contributed by atoms with van der Waals surface area (Å²) in [6.07, 6.45) is -9.06. The fourth-order valence-electron chi connectivity index (χ4n) is 1.39. The van der Waals surface area contributed by atoms with Gasteiger partial charge < -0.3 is 79.8 Å². The molecule has 0 aliphatic heterocycles. The van der Waals surface area contributed by atoms with E-state index in [9.17, 15) is 59.4 Å². The van der Waals surface area contributed by atoms with Gasteiger partial charge in [-0.1, -0.05) is 0 Å². The molecule has 4 N–H and O–H groups in total. The zero-order valence-electron chi connectivity index (χ0n) is 15.4. The molecule has 0 radical (unpaired) electrons. The van der Waals surface area contributed by atoms with E-state index >= 15 is 0 Å². The Balaban J connectivity index is -0.000000133. The van der Waals surface area contributed by atoms with Gasteiger partial charge in [0.05, 0.1) is 23.9 Å². The van der Waals surface area contributed by atoms with Crippen LogP contribution in [0.15, 0.2) is 0 Å². The summed E-state index contributed by atoms with van der Waals surface area (Å²) in [7, 11) is 0. The number of carbonyl (C=O) groups is 6. The maximum Gasteiger partial charge on any atom is 2.00 e. The molecule has 0 spiro atoms. The van der Waals surface area contributed by atoms with Crippen LogP contribution in [0.25, 0.3) is 0 Å². The number of carboxylic acid groups (broad SMARTS) is 6. The van der Waals surface area contributed by atoms with Crippen molar-refractivity contribution >= 4 is 105 Å². The molecule has 0 unspecified atom stereocenters. The van der Waals surface area contributed by atoms with Crippen LogP contribution in [-0.2, 0) is 28.8 Å². The molecule has 0 aliphatic carbocycles. The predicted octanol–water partition coefficient (Wildman–Crippen LogP) is -13.7. The molecule has 16 nitrogen and oxygen atoms in total. The summed E-state index contributed by atoms with van der Waals surface area (Å²) in [6, 6.07) is 0. The van der Waals surface area contributed by atoms with E-state index < -0.39 is 72.1 Å². The van der Waals surface area contributed by atoms with Crippen LogP contribution in [0.2, 0.25) is 0 Å². The molecular formula is C12H10Mg3O16. The molecule has 0 heterocycles. The van der Waals surface area contributed by atoms with Crippen molar-refractivity contribution in [1.82, 2.24) is 0 Å². The summed E-state index contributed by atoms with van der Waals surface area (Å²) in [4.78, 5) is 60.3. The molecule has 160 valence electrons. The smallest absolute Gasteiger partial charge is 0.550 e. The Kier molecular flexibility index (Phi) is 21.6. The Labute approximate surface area is 219 Å². The standard InChI is InChI=1S/2C6H8O8.3Mg/c2*7-2(8)1-6(14,5(12)13)3(9)4(10)11;;;/h2*3,9,14H,1H2,(H,7,8)(H,10,11)(H,12,13);;;/q;;3*+2/p-6/t2*3-,6-;;;/m11.../s1. The predicted molar refractivity (Wildman–Crippen MR) is 78.5 cm³/mol. The van der Waals surface area contributed by atoms with E-state index in [-0.39, 0.29) is 69.2 Å². The van der Waals surface area contributed by atoms with Gasteiger partial charge >= 0.3 is 69.2 Å². The molecule has 0 fully saturated rings. The number of carbonyl (C=O) groups excluding carboxylic acids is 6. The van der Waals surface area contributed by atoms with E-state index in [2.05, 4.69) is 0 Å². The van der Waals surface area contributed by atoms with Gasteiger partial charge in [-0.15, -0.1) is 0 Å². The van der Waals surface area contributed by atoms with Crippen molar-refractivity contribution in [2.75, 3.05) is 0 Å². The van der Waals surface area contributed by atoms with Gasteiger partial charge in [0.2, 0.25) is 0 Å². The molecule has 0 saturated heterocycles. The molecule has 0 rings (SSSR count). The topological polar surface area (TPSA) is 322 Å². The number of aliphatic carboxylic acids is 6. The van der Waals surface area contributed by atoms with E-state index in [0.29, 0.717) is 0 Å². The van der Waals surface area contributed by atoms with Crippen molar-refractivity contribution < 1.29 is 79.8 Å². The van der Waals surface area contributed by atoms with Crippen LogP contribution >= 0.6 is 0 Å².